The van der Waals surface area contributed by atoms with E-state index in [0.717, 1.165) is 19.5 Å². The van der Waals surface area contributed by atoms with Gasteiger partial charge in [0.1, 0.15) is 6.54 Å². The van der Waals surface area contributed by atoms with E-state index in [9.17, 15) is 4.79 Å². The fourth-order valence-corrected chi connectivity index (χ4v) is 5.64. The summed E-state index contributed by atoms with van der Waals surface area (Å²) in [5.74, 6) is -0.140. The van der Waals surface area contributed by atoms with Crippen LogP contribution >= 0.6 is 0 Å². The van der Waals surface area contributed by atoms with Gasteiger partial charge in [0.15, 0.2) is 6.54 Å². The molecule has 0 heterocycles. The van der Waals surface area contributed by atoms with Gasteiger partial charge in [-0.25, -0.2) is 4.79 Å². The molecule has 59 heavy (non-hydrogen) atoms. The first kappa shape index (κ1) is 57.9. The smallest absolute Gasteiger partial charge is 0.361 e. The summed E-state index contributed by atoms with van der Waals surface area (Å²) in [6.07, 6.45) is 13.0. The molecule has 0 aliphatic rings. The average Bonchev–Trinajstić information content (AvgIpc) is 3.22. The fourth-order valence-electron chi connectivity index (χ4n) is 5.64. The third kappa shape index (κ3) is 47.8. The predicted molar refractivity (Wildman–Crippen MR) is 226 cm³/mol. The second-order valence-corrected chi connectivity index (χ2v) is 14.3. The molecule has 0 fully saturated rings. The van der Waals surface area contributed by atoms with E-state index in [1.165, 1.54) is 57.8 Å². The van der Waals surface area contributed by atoms with Crippen LogP contribution in [0.2, 0.25) is 0 Å². The minimum atomic E-state index is -0.140. The number of hydrogen-bond acceptors (Lipinski definition) is 15. The summed E-state index contributed by atoms with van der Waals surface area (Å²) in [5, 5.41) is 8.60. The molecular weight excluding hydrogens is 770 g/mol. The Morgan fingerprint density at radius 3 is 0.932 bits per heavy atom. The molecule has 0 radical (unpaired) electrons. The minimum Gasteiger partial charge on any atom is -0.462 e. The number of quaternary nitrogens is 1. The van der Waals surface area contributed by atoms with Gasteiger partial charge in [-0.2, -0.15) is 0 Å². The highest BCUT2D eigenvalue weighted by molar-refractivity contribution is 5.70. The topological polar surface area (TPSA) is 157 Å². The highest BCUT2D eigenvalue weighted by atomic mass is 16.6. The van der Waals surface area contributed by atoms with Gasteiger partial charge in [-0.05, 0) is 19.8 Å². The zero-order chi connectivity index (χ0) is 42.8. The Morgan fingerprint density at radius 2 is 0.644 bits per heavy atom. The van der Waals surface area contributed by atoms with E-state index in [-0.39, 0.29) is 12.6 Å². The average molecular weight is 859 g/mol. The molecule has 16 heteroatoms. The SMILES string of the molecule is CCCCCCCCCCCC[N+](C)(CCOCCOCCOCCOCCOCCOCCOCCOCCOCCOCCOCCOCCO)CC(=O)OCC. The van der Waals surface area contributed by atoms with Crippen LogP contribution in [0.4, 0.5) is 0 Å². The van der Waals surface area contributed by atoms with Gasteiger partial charge in [0, 0.05) is 0 Å². The standard InChI is InChI=1S/C43H88NO15/c1-4-6-7-8-9-10-11-12-13-14-15-44(3,42-43(46)59-5-2)16-18-47-20-22-49-24-26-51-28-30-53-32-34-55-36-38-57-40-41-58-39-37-56-35-33-54-31-29-52-27-25-50-23-21-48-19-17-45/h45H,4-42H2,1-3H3/q+1. The molecule has 0 saturated carbocycles. The number of carbonyl (C=O) groups excluding carboxylic acids is 1. The Bertz CT molecular complexity index is 819. The second kappa shape index (κ2) is 49.6. The summed E-state index contributed by atoms with van der Waals surface area (Å²) in [6.45, 7) is 18.5. The van der Waals surface area contributed by atoms with Crippen molar-refractivity contribution < 1.29 is 76.0 Å². The van der Waals surface area contributed by atoms with Crippen LogP contribution in [-0.4, -0.2) is 214 Å². The van der Waals surface area contributed by atoms with Gasteiger partial charge in [0.25, 0.3) is 0 Å². The van der Waals surface area contributed by atoms with E-state index in [1.807, 2.05) is 6.92 Å². The van der Waals surface area contributed by atoms with E-state index in [0.29, 0.717) is 176 Å². The zero-order valence-electron chi connectivity index (χ0n) is 37.7. The molecular formula is C43H88NO15+. The Morgan fingerprint density at radius 1 is 0.373 bits per heavy atom. The van der Waals surface area contributed by atoms with E-state index >= 15 is 0 Å². The van der Waals surface area contributed by atoms with E-state index in [1.54, 1.807) is 0 Å². The molecule has 0 aliphatic carbocycles. The van der Waals surface area contributed by atoms with Crippen LogP contribution < -0.4 is 0 Å². The normalized spacial score (nSPS) is 12.7. The van der Waals surface area contributed by atoms with Gasteiger partial charge in [-0.3, -0.25) is 0 Å². The number of carbonyl (C=O) groups is 1. The highest BCUT2D eigenvalue weighted by Crippen LogP contribution is 2.13. The van der Waals surface area contributed by atoms with Crippen LogP contribution in [0.3, 0.4) is 0 Å². The number of rotatable bonds is 52. The van der Waals surface area contributed by atoms with Crippen LogP contribution in [-0.2, 0) is 66.4 Å². The van der Waals surface area contributed by atoms with E-state index in [2.05, 4.69) is 14.0 Å². The van der Waals surface area contributed by atoms with Crippen molar-refractivity contribution >= 4 is 5.97 Å². The first-order valence-electron chi connectivity index (χ1n) is 22.6. The Hall–Kier alpha value is -1.09. The van der Waals surface area contributed by atoms with Crippen molar-refractivity contribution in [3.8, 4) is 0 Å². The molecule has 0 bridgehead atoms. The Balaban J connectivity index is 3.44. The van der Waals surface area contributed by atoms with Crippen molar-refractivity contribution in [1.82, 2.24) is 0 Å². The molecule has 0 aromatic rings. The number of ether oxygens (including phenoxy) is 13. The minimum absolute atomic E-state index is 0.0221. The third-order valence-corrected chi connectivity index (χ3v) is 8.97. The fraction of sp³-hybridized carbons (Fsp3) is 0.977. The van der Waals surface area contributed by atoms with Crippen molar-refractivity contribution in [2.45, 2.75) is 78.1 Å². The number of nitrogens with zero attached hydrogens (tertiary/aromatic N) is 1. The molecule has 0 amide bonds. The molecule has 0 spiro atoms. The predicted octanol–water partition coefficient (Wildman–Crippen LogP) is 4.11. The number of hydrogen-bond donors (Lipinski definition) is 1. The quantitative estimate of drug-likeness (QED) is 0.0530. The lowest BCUT2D eigenvalue weighted by Gasteiger charge is -2.33. The molecule has 16 nitrogen and oxygen atoms in total. The number of unbranched alkanes of at least 4 members (excludes halogenated alkanes) is 9. The summed E-state index contributed by atoms with van der Waals surface area (Å²) in [4.78, 5) is 12.3. The largest absolute Gasteiger partial charge is 0.462 e. The van der Waals surface area contributed by atoms with Gasteiger partial charge < -0.3 is 71.2 Å². The van der Waals surface area contributed by atoms with Crippen LogP contribution in [0, 0.1) is 0 Å². The van der Waals surface area contributed by atoms with Gasteiger partial charge in [-0.1, -0.05) is 58.3 Å². The molecule has 0 aromatic carbocycles. The van der Waals surface area contributed by atoms with Crippen molar-refractivity contribution in [1.29, 1.82) is 0 Å². The van der Waals surface area contributed by atoms with Crippen molar-refractivity contribution in [2.24, 2.45) is 0 Å². The second-order valence-electron chi connectivity index (χ2n) is 14.3. The Labute approximate surface area is 357 Å². The first-order valence-corrected chi connectivity index (χ1v) is 22.6. The molecule has 354 valence electrons. The number of esters is 1. The number of aliphatic hydroxyl groups excluding tert-OH is 1. The van der Waals surface area contributed by atoms with Gasteiger partial charge >= 0.3 is 5.97 Å². The maximum Gasteiger partial charge on any atom is 0.361 e. The van der Waals surface area contributed by atoms with Gasteiger partial charge in [-0.15, -0.1) is 0 Å². The number of aliphatic hydroxyl groups is 1. The third-order valence-electron chi connectivity index (χ3n) is 8.97. The molecule has 0 saturated heterocycles. The first-order chi connectivity index (χ1) is 29.1. The lowest BCUT2D eigenvalue weighted by Crippen LogP contribution is -2.50. The van der Waals surface area contributed by atoms with Crippen molar-refractivity contribution in [3.05, 3.63) is 0 Å². The van der Waals surface area contributed by atoms with Crippen LogP contribution in [0.15, 0.2) is 0 Å². The monoisotopic (exact) mass is 859 g/mol. The lowest BCUT2D eigenvalue weighted by molar-refractivity contribution is -0.903. The summed E-state index contributed by atoms with van der Waals surface area (Å²) in [7, 11) is 2.13. The van der Waals surface area contributed by atoms with Crippen molar-refractivity contribution in [3.63, 3.8) is 0 Å². The van der Waals surface area contributed by atoms with Crippen LogP contribution in [0.25, 0.3) is 0 Å². The summed E-state index contributed by atoms with van der Waals surface area (Å²) in [5.41, 5.74) is 0. The van der Waals surface area contributed by atoms with E-state index < -0.39 is 0 Å². The van der Waals surface area contributed by atoms with E-state index in [4.69, 9.17) is 66.7 Å². The van der Waals surface area contributed by atoms with Crippen LogP contribution in [0.1, 0.15) is 78.1 Å². The zero-order valence-corrected chi connectivity index (χ0v) is 37.7. The number of likely N-dealkylation sites (N-methyl/N-ethyl adjacent to an activating group) is 1. The maximum absolute atomic E-state index is 12.3. The molecule has 0 rings (SSSR count). The molecule has 1 atom stereocenters. The molecule has 1 N–H and O–H groups in total. The molecule has 0 aliphatic heterocycles. The maximum atomic E-state index is 12.3. The summed E-state index contributed by atoms with van der Waals surface area (Å²) >= 11 is 0. The molecule has 1 unspecified atom stereocenters. The highest BCUT2D eigenvalue weighted by Gasteiger charge is 2.25. The summed E-state index contributed by atoms with van der Waals surface area (Å²) < 4.78 is 71.8. The Kier molecular flexibility index (Phi) is 48.6. The van der Waals surface area contributed by atoms with Crippen LogP contribution in [0.5, 0.6) is 0 Å². The lowest BCUT2D eigenvalue weighted by atomic mass is 10.1. The van der Waals surface area contributed by atoms with Gasteiger partial charge in [0.05, 0.1) is 185 Å². The molecule has 0 aromatic heterocycles. The van der Waals surface area contributed by atoms with Crippen molar-refractivity contribution in [2.75, 3.05) is 198 Å². The summed E-state index contributed by atoms with van der Waals surface area (Å²) in [6, 6.07) is 0. The van der Waals surface area contributed by atoms with Gasteiger partial charge in [0.2, 0.25) is 0 Å².